The van der Waals surface area contributed by atoms with Crippen LogP contribution in [0.4, 0.5) is 0 Å². The van der Waals surface area contributed by atoms with Gasteiger partial charge < -0.3 is 15.1 Å². The summed E-state index contributed by atoms with van der Waals surface area (Å²) in [6.07, 6.45) is 7.04. The summed E-state index contributed by atoms with van der Waals surface area (Å²) in [6.45, 7) is 6.54. The number of hydrogen-bond acceptors (Lipinski definition) is 3. The zero-order valence-electron chi connectivity index (χ0n) is 11.2. The van der Waals surface area contributed by atoms with Crippen LogP contribution in [0.1, 0.15) is 32.1 Å². The van der Waals surface area contributed by atoms with E-state index >= 15 is 0 Å². The first kappa shape index (κ1) is 11.9. The van der Waals surface area contributed by atoms with Crippen molar-refractivity contribution in [2.45, 2.75) is 44.2 Å². The minimum Gasteiger partial charge on any atom is -0.313 e. The van der Waals surface area contributed by atoms with Crippen LogP contribution in [-0.2, 0) is 0 Å². The highest BCUT2D eigenvalue weighted by Crippen LogP contribution is 2.29. The zero-order chi connectivity index (χ0) is 11.7. The smallest absolute Gasteiger partial charge is 0.0195 e. The van der Waals surface area contributed by atoms with Gasteiger partial charge in [0.05, 0.1) is 0 Å². The van der Waals surface area contributed by atoms with E-state index in [1.54, 1.807) is 0 Å². The van der Waals surface area contributed by atoms with Crippen molar-refractivity contribution in [2.24, 2.45) is 5.92 Å². The molecular weight excluding hydrogens is 210 g/mol. The van der Waals surface area contributed by atoms with Gasteiger partial charge in [0.25, 0.3) is 0 Å². The van der Waals surface area contributed by atoms with Gasteiger partial charge in [-0.3, -0.25) is 0 Å². The lowest BCUT2D eigenvalue weighted by Gasteiger charge is -2.46. The fourth-order valence-corrected chi connectivity index (χ4v) is 4.12. The molecule has 1 N–H and O–H groups in total. The van der Waals surface area contributed by atoms with Gasteiger partial charge in [-0.2, -0.15) is 0 Å². The Balaban J connectivity index is 1.52. The van der Waals surface area contributed by atoms with Crippen molar-refractivity contribution >= 4 is 0 Å². The topological polar surface area (TPSA) is 18.5 Å². The summed E-state index contributed by atoms with van der Waals surface area (Å²) in [5.41, 5.74) is 0. The molecule has 0 aromatic rings. The van der Waals surface area contributed by atoms with Crippen molar-refractivity contribution in [3.05, 3.63) is 0 Å². The van der Waals surface area contributed by atoms with Crippen molar-refractivity contribution in [1.29, 1.82) is 0 Å². The Morgan fingerprint density at radius 3 is 2.88 bits per heavy atom. The van der Waals surface area contributed by atoms with Gasteiger partial charge in [0.15, 0.2) is 0 Å². The average Bonchev–Trinajstić information content (AvgIpc) is 2.82. The van der Waals surface area contributed by atoms with Gasteiger partial charge in [0.2, 0.25) is 0 Å². The molecule has 3 aliphatic heterocycles. The molecule has 3 atom stereocenters. The molecule has 3 rings (SSSR count). The monoisotopic (exact) mass is 237 g/mol. The molecule has 3 nitrogen and oxygen atoms in total. The molecule has 0 aromatic carbocycles. The molecule has 3 saturated heterocycles. The molecule has 0 spiro atoms. The molecule has 2 unspecified atom stereocenters. The highest BCUT2D eigenvalue weighted by atomic mass is 15.2. The number of rotatable bonds is 2. The average molecular weight is 237 g/mol. The van der Waals surface area contributed by atoms with E-state index in [1.165, 1.54) is 64.8 Å². The minimum absolute atomic E-state index is 0.785. The summed E-state index contributed by atoms with van der Waals surface area (Å²) < 4.78 is 0. The number of fused-ring (bicyclic) bond motifs is 1. The van der Waals surface area contributed by atoms with Gasteiger partial charge >= 0.3 is 0 Å². The quantitative estimate of drug-likeness (QED) is 0.777. The molecule has 0 radical (unpaired) electrons. The van der Waals surface area contributed by atoms with Gasteiger partial charge in [-0.15, -0.1) is 0 Å². The Kier molecular flexibility index (Phi) is 3.69. The molecule has 3 aliphatic rings. The van der Waals surface area contributed by atoms with E-state index in [0.29, 0.717) is 0 Å². The maximum Gasteiger partial charge on any atom is 0.0195 e. The Bertz CT molecular complexity index is 250. The van der Waals surface area contributed by atoms with E-state index < -0.39 is 0 Å². The first-order valence-electron chi connectivity index (χ1n) is 7.49. The van der Waals surface area contributed by atoms with Crippen LogP contribution >= 0.6 is 0 Å². The van der Waals surface area contributed by atoms with Crippen LogP contribution in [0.5, 0.6) is 0 Å². The summed E-state index contributed by atoms with van der Waals surface area (Å²) >= 11 is 0. The number of piperidine rings is 2. The molecule has 0 saturated carbocycles. The molecule has 0 bridgehead atoms. The van der Waals surface area contributed by atoms with E-state index in [4.69, 9.17) is 0 Å². The SMILES string of the molecule is CN1CCCC2CN(C[C@@H]3CCCN3)CCC21. The highest BCUT2D eigenvalue weighted by molar-refractivity contribution is 4.90. The van der Waals surface area contributed by atoms with Crippen LogP contribution in [0.3, 0.4) is 0 Å². The fraction of sp³-hybridized carbons (Fsp3) is 1.00. The first-order valence-corrected chi connectivity index (χ1v) is 7.49. The van der Waals surface area contributed by atoms with Gasteiger partial charge in [0.1, 0.15) is 0 Å². The van der Waals surface area contributed by atoms with E-state index in [0.717, 1.165) is 18.0 Å². The second-order valence-electron chi connectivity index (χ2n) is 6.29. The lowest BCUT2D eigenvalue weighted by atomic mass is 9.84. The third kappa shape index (κ3) is 2.67. The van der Waals surface area contributed by atoms with Crippen LogP contribution < -0.4 is 5.32 Å². The van der Waals surface area contributed by atoms with Gasteiger partial charge in [-0.05, 0) is 64.7 Å². The summed E-state index contributed by atoms with van der Waals surface area (Å²) in [6, 6.07) is 1.67. The number of likely N-dealkylation sites (tertiary alicyclic amines) is 2. The normalized spacial score (nSPS) is 40.4. The second kappa shape index (κ2) is 5.25. The zero-order valence-corrected chi connectivity index (χ0v) is 11.2. The summed E-state index contributed by atoms with van der Waals surface area (Å²) in [7, 11) is 2.32. The van der Waals surface area contributed by atoms with Crippen LogP contribution in [0.15, 0.2) is 0 Å². The summed E-state index contributed by atoms with van der Waals surface area (Å²) in [4.78, 5) is 5.34. The maximum absolute atomic E-state index is 3.63. The minimum atomic E-state index is 0.785. The lowest BCUT2D eigenvalue weighted by Crippen LogP contribution is -2.54. The molecule has 17 heavy (non-hydrogen) atoms. The third-order valence-electron chi connectivity index (χ3n) is 5.07. The van der Waals surface area contributed by atoms with Crippen LogP contribution in [-0.4, -0.2) is 61.7 Å². The number of hydrogen-bond donors (Lipinski definition) is 1. The van der Waals surface area contributed by atoms with Crippen molar-refractivity contribution in [2.75, 3.05) is 39.8 Å². The number of nitrogens with one attached hydrogen (secondary N) is 1. The third-order valence-corrected chi connectivity index (χ3v) is 5.07. The molecular formula is C14H27N3. The van der Waals surface area contributed by atoms with E-state index in [9.17, 15) is 0 Å². The van der Waals surface area contributed by atoms with E-state index in [-0.39, 0.29) is 0 Å². The van der Waals surface area contributed by atoms with Crippen molar-refractivity contribution in [3.63, 3.8) is 0 Å². The Morgan fingerprint density at radius 2 is 2.06 bits per heavy atom. The molecule has 3 heterocycles. The maximum atomic E-state index is 3.63. The predicted octanol–water partition coefficient (Wildman–Crippen LogP) is 1.15. The fourth-order valence-electron chi connectivity index (χ4n) is 4.12. The number of nitrogens with zero attached hydrogens (tertiary/aromatic N) is 2. The van der Waals surface area contributed by atoms with Crippen LogP contribution in [0.2, 0.25) is 0 Å². The Labute approximate surface area is 106 Å². The largest absolute Gasteiger partial charge is 0.313 e. The molecule has 3 heteroatoms. The first-order chi connectivity index (χ1) is 8.33. The standard InChI is InChI=1S/C14H27N3/c1-16-8-3-4-12-10-17(9-6-14(12)16)11-13-5-2-7-15-13/h12-15H,2-11H2,1H3/t12?,13-,14?/m0/s1. The predicted molar refractivity (Wildman–Crippen MR) is 71.2 cm³/mol. The van der Waals surface area contributed by atoms with Crippen molar-refractivity contribution < 1.29 is 0 Å². The molecule has 3 fully saturated rings. The molecule has 0 aliphatic carbocycles. The second-order valence-corrected chi connectivity index (χ2v) is 6.29. The van der Waals surface area contributed by atoms with Crippen LogP contribution in [0.25, 0.3) is 0 Å². The summed E-state index contributed by atoms with van der Waals surface area (Å²) in [5.74, 6) is 0.948. The van der Waals surface area contributed by atoms with Gasteiger partial charge in [-0.25, -0.2) is 0 Å². The van der Waals surface area contributed by atoms with E-state index in [1.807, 2.05) is 0 Å². The summed E-state index contributed by atoms with van der Waals surface area (Å²) in [5, 5.41) is 3.63. The highest BCUT2D eigenvalue weighted by Gasteiger charge is 2.34. The van der Waals surface area contributed by atoms with Crippen LogP contribution in [0, 0.1) is 5.92 Å². The van der Waals surface area contributed by atoms with Crippen molar-refractivity contribution in [1.82, 2.24) is 15.1 Å². The van der Waals surface area contributed by atoms with Gasteiger partial charge in [-0.1, -0.05) is 0 Å². The Morgan fingerprint density at radius 1 is 1.12 bits per heavy atom. The molecule has 0 aromatic heterocycles. The van der Waals surface area contributed by atoms with Gasteiger partial charge in [0, 0.05) is 25.2 Å². The molecule has 0 amide bonds. The van der Waals surface area contributed by atoms with E-state index in [2.05, 4.69) is 22.2 Å². The van der Waals surface area contributed by atoms with Crippen molar-refractivity contribution in [3.8, 4) is 0 Å². The molecule has 98 valence electrons. The lowest BCUT2D eigenvalue weighted by molar-refractivity contribution is 0.0357. The Hall–Kier alpha value is -0.120.